The van der Waals surface area contributed by atoms with E-state index in [1.807, 2.05) is 0 Å². The van der Waals surface area contributed by atoms with E-state index in [1.54, 1.807) is 0 Å². The molecule has 0 amide bonds. The van der Waals surface area contributed by atoms with Gasteiger partial charge in [0.2, 0.25) is 11.3 Å². The third kappa shape index (κ3) is 3.92. The predicted molar refractivity (Wildman–Crippen MR) is 75.7 cm³/mol. The zero-order chi connectivity index (χ0) is 13.1. The second-order valence-corrected chi connectivity index (χ2v) is 13.4. The quantitative estimate of drug-likeness (QED) is 0.713. The molecule has 0 radical (unpaired) electrons. The van der Waals surface area contributed by atoms with Crippen LogP contribution < -0.4 is 4.74 Å². The second kappa shape index (κ2) is 6.01. The number of ether oxygens (including phenoxy) is 1. The van der Waals surface area contributed by atoms with Crippen molar-refractivity contribution in [3.05, 3.63) is 24.3 Å². The Labute approximate surface area is 125 Å². The fourth-order valence-electron chi connectivity index (χ4n) is 1.01. The highest BCUT2D eigenvalue weighted by atomic mass is 80.0. The number of hydrogen-bond acceptors (Lipinski definition) is 4. The maximum absolute atomic E-state index is 12.0. The first-order chi connectivity index (χ1) is 7.79. The first kappa shape index (κ1) is 15.4. The van der Waals surface area contributed by atoms with Crippen molar-refractivity contribution < 1.29 is 18.3 Å². The fourth-order valence-corrected chi connectivity index (χ4v) is 3.46. The summed E-state index contributed by atoms with van der Waals surface area (Å²) in [4.78, 5) is 0.138. The van der Waals surface area contributed by atoms with E-state index >= 15 is 0 Å². The van der Waals surface area contributed by atoms with E-state index in [1.165, 1.54) is 24.3 Å². The van der Waals surface area contributed by atoms with Gasteiger partial charge in [-0.05, 0) is 72.1 Å². The molecular formula is C9H9Br3O4S. The molecule has 0 aliphatic rings. The maximum Gasteiger partial charge on any atom is 0.239 e. The number of halogens is 3. The molecule has 0 heterocycles. The molecule has 1 aromatic carbocycles. The van der Waals surface area contributed by atoms with Crippen LogP contribution in [0.15, 0.2) is 29.2 Å². The lowest BCUT2D eigenvalue weighted by Gasteiger charge is -2.13. The summed E-state index contributed by atoms with van der Waals surface area (Å²) >= 11 is 8.93. The number of rotatable bonds is 4. The fraction of sp³-hybridized carbons (Fsp3) is 0.333. The van der Waals surface area contributed by atoms with Gasteiger partial charge in [0.25, 0.3) is 0 Å². The normalized spacial score (nSPS) is 12.5. The second-order valence-electron chi connectivity index (χ2n) is 2.99. The first-order valence-electron chi connectivity index (χ1n) is 4.44. The Morgan fingerprint density at radius 3 is 2.12 bits per heavy atom. The minimum Gasteiger partial charge on any atom is -0.491 e. The number of benzene rings is 1. The van der Waals surface area contributed by atoms with Crippen LogP contribution in [0.25, 0.3) is 0 Å². The van der Waals surface area contributed by atoms with Gasteiger partial charge in [0, 0.05) is 0 Å². The van der Waals surface area contributed by atoms with Crippen LogP contribution in [0.5, 0.6) is 5.75 Å². The third-order valence-corrected chi connectivity index (χ3v) is 7.14. The van der Waals surface area contributed by atoms with E-state index in [0.717, 1.165) is 0 Å². The van der Waals surface area contributed by atoms with Crippen LogP contribution in [0.3, 0.4) is 0 Å². The number of hydrogen-bond donors (Lipinski definition) is 1. The Hall–Kier alpha value is 0.370. The predicted octanol–water partition coefficient (Wildman–Crippen LogP) is 2.63. The molecule has 0 aliphatic carbocycles. The number of aliphatic hydroxyl groups is 1. The molecule has 0 saturated carbocycles. The minimum atomic E-state index is -3.57. The lowest BCUT2D eigenvalue weighted by Crippen LogP contribution is -2.17. The maximum atomic E-state index is 12.0. The number of aliphatic hydroxyl groups excluding tert-OH is 1. The SMILES string of the molecule is O=S(=O)(c1ccc(OCCO)cc1)C(Br)(Br)Br. The summed E-state index contributed by atoms with van der Waals surface area (Å²) in [5.74, 6) is 0.502. The van der Waals surface area contributed by atoms with Crippen molar-refractivity contribution in [3.63, 3.8) is 0 Å². The molecule has 0 atom stereocenters. The van der Waals surface area contributed by atoms with Gasteiger partial charge < -0.3 is 9.84 Å². The van der Waals surface area contributed by atoms with Crippen molar-refractivity contribution in [2.45, 2.75) is 6.37 Å². The molecule has 1 N–H and O–H groups in total. The molecule has 0 aromatic heterocycles. The highest BCUT2D eigenvalue weighted by Gasteiger charge is 2.37. The minimum absolute atomic E-state index is 0.0899. The lowest BCUT2D eigenvalue weighted by molar-refractivity contribution is 0.201. The highest BCUT2D eigenvalue weighted by molar-refractivity contribution is 9.42. The average molecular weight is 453 g/mol. The van der Waals surface area contributed by atoms with Gasteiger partial charge in [-0.3, -0.25) is 0 Å². The average Bonchev–Trinajstić information content (AvgIpc) is 2.25. The molecule has 1 aromatic rings. The summed E-state index contributed by atoms with van der Waals surface area (Å²) in [6.45, 7) is 0.0821. The molecule has 0 spiro atoms. The Kier molecular flexibility index (Phi) is 5.45. The summed E-state index contributed by atoms with van der Waals surface area (Å²) in [7, 11) is -3.57. The van der Waals surface area contributed by atoms with Crippen LogP contribution in [0, 0.1) is 0 Å². The van der Waals surface area contributed by atoms with E-state index < -0.39 is 11.3 Å². The van der Waals surface area contributed by atoms with Crippen molar-refractivity contribution in [1.29, 1.82) is 0 Å². The molecule has 0 aliphatic heterocycles. The van der Waals surface area contributed by atoms with Gasteiger partial charge in [-0.2, -0.15) is 0 Å². The molecule has 8 heteroatoms. The van der Waals surface area contributed by atoms with Gasteiger partial charge in [-0.1, -0.05) is 0 Å². The summed E-state index contributed by atoms with van der Waals surface area (Å²) in [5.41, 5.74) is 0. The Morgan fingerprint density at radius 2 is 1.71 bits per heavy atom. The topological polar surface area (TPSA) is 63.6 Å². The molecule has 0 saturated heterocycles. The van der Waals surface area contributed by atoms with Gasteiger partial charge in [0.05, 0.1) is 11.5 Å². The van der Waals surface area contributed by atoms with Gasteiger partial charge >= 0.3 is 0 Å². The smallest absolute Gasteiger partial charge is 0.239 e. The van der Waals surface area contributed by atoms with Crippen molar-refractivity contribution in [3.8, 4) is 5.75 Å². The van der Waals surface area contributed by atoms with E-state index in [0.29, 0.717) is 5.75 Å². The Balaban J connectivity index is 2.96. The largest absolute Gasteiger partial charge is 0.491 e. The lowest BCUT2D eigenvalue weighted by atomic mass is 10.3. The van der Waals surface area contributed by atoms with Crippen molar-refractivity contribution in [2.75, 3.05) is 13.2 Å². The molecule has 0 bridgehead atoms. The monoisotopic (exact) mass is 450 g/mol. The molecule has 4 nitrogen and oxygen atoms in total. The van der Waals surface area contributed by atoms with E-state index in [-0.39, 0.29) is 18.1 Å². The van der Waals surface area contributed by atoms with Gasteiger partial charge in [-0.15, -0.1) is 0 Å². The Bertz CT molecular complexity index is 464. The number of alkyl halides is 3. The van der Waals surface area contributed by atoms with Gasteiger partial charge in [-0.25, -0.2) is 8.42 Å². The molecule has 0 fully saturated rings. The summed E-state index contributed by atoms with van der Waals surface area (Å²) in [5, 5.41) is 8.58. The van der Waals surface area contributed by atoms with Gasteiger partial charge in [0.15, 0.2) is 0 Å². The third-order valence-electron chi connectivity index (χ3n) is 1.80. The van der Waals surface area contributed by atoms with E-state index in [4.69, 9.17) is 9.84 Å². The Morgan fingerprint density at radius 1 is 1.18 bits per heavy atom. The van der Waals surface area contributed by atoms with Crippen molar-refractivity contribution in [2.24, 2.45) is 0 Å². The summed E-state index contributed by atoms with van der Waals surface area (Å²) in [6.07, 6.45) is 0. The van der Waals surface area contributed by atoms with Crippen LogP contribution >= 0.6 is 47.8 Å². The first-order valence-corrected chi connectivity index (χ1v) is 8.30. The summed E-state index contributed by atoms with van der Waals surface area (Å²) < 4.78 is 27.7. The van der Waals surface area contributed by atoms with Crippen LogP contribution in [-0.2, 0) is 9.84 Å². The van der Waals surface area contributed by atoms with Crippen LogP contribution in [0.4, 0.5) is 0 Å². The molecule has 0 unspecified atom stereocenters. The highest BCUT2D eigenvalue weighted by Crippen LogP contribution is 2.43. The zero-order valence-electron chi connectivity index (χ0n) is 8.44. The summed E-state index contributed by atoms with van der Waals surface area (Å²) in [6, 6.07) is 5.92. The van der Waals surface area contributed by atoms with Crippen molar-refractivity contribution in [1.82, 2.24) is 0 Å². The molecular weight excluding hydrogens is 444 g/mol. The van der Waals surface area contributed by atoms with Crippen LogP contribution in [-0.4, -0.2) is 28.2 Å². The molecule has 96 valence electrons. The molecule has 17 heavy (non-hydrogen) atoms. The zero-order valence-corrected chi connectivity index (χ0v) is 14.0. The number of sulfone groups is 1. The van der Waals surface area contributed by atoms with Crippen LogP contribution in [0.1, 0.15) is 0 Å². The van der Waals surface area contributed by atoms with Crippen LogP contribution in [0.2, 0.25) is 0 Å². The molecule has 1 rings (SSSR count). The van der Waals surface area contributed by atoms with Crippen molar-refractivity contribution >= 4 is 57.6 Å². The van der Waals surface area contributed by atoms with Gasteiger partial charge in [0.1, 0.15) is 12.4 Å². The standard InChI is InChI=1S/C9H9Br3O4S/c10-9(11,12)17(14,15)8-3-1-7(2-4-8)16-6-5-13/h1-4,13H,5-6H2. The van der Waals surface area contributed by atoms with E-state index in [2.05, 4.69) is 47.8 Å². The van der Waals surface area contributed by atoms with E-state index in [9.17, 15) is 8.42 Å².